The first-order valence-corrected chi connectivity index (χ1v) is 7.28. The summed E-state index contributed by atoms with van der Waals surface area (Å²) < 4.78 is 0. The lowest BCUT2D eigenvalue weighted by Gasteiger charge is -2.12. The topological polar surface area (TPSA) is 38.0 Å². The first kappa shape index (κ1) is 13.6. The Balaban J connectivity index is 1.87. The monoisotopic (exact) mass is 282 g/mol. The molecule has 3 N–H and O–H groups in total. The lowest BCUT2D eigenvalue weighted by molar-refractivity contribution is 0.518. The van der Waals surface area contributed by atoms with Crippen LogP contribution < -0.4 is 11.1 Å². The minimum atomic E-state index is 0.384. The van der Waals surface area contributed by atoms with Gasteiger partial charge in [0.05, 0.1) is 10.7 Å². The van der Waals surface area contributed by atoms with Gasteiger partial charge in [-0.2, -0.15) is 0 Å². The van der Waals surface area contributed by atoms with E-state index in [0.29, 0.717) is 10.0 Å². The molecule has 0 radical (unpaired) electrons. The number of hydrogen-bond acceptors (Lipinski definition) is 2. The summed E-state index contributed by atoms with van der Waals surface area (Å²) in [4.78, 5) is 0.384. The maximum atomic E-state index is 6.19. The van der Waals surface area contributed by atoms with Crippen molar-refractivity contribution in [3.05, 3.63) is 28.8 Å². The minimum Gasteiger partial charge on any atom is -0.389 e. The first-order chi connectivity index (χ1) is 8.66. The molecule has 0 aromatic heterocycles. The molecule has 0 bridgehead atoms. The van der Waals surface area contributed by atoms with Gasteiger partial charge in [-0.25, -0.2) is 0 Å². The van der Waals surface area contributed by atoms with Crippen molar-refractivity contribution in [1.82, 2.24) is 0 Å². The van der Waals surface area contributed by atoms with Crippen LogP contribution in [-0.4, -0.2) is 11.5 Å². The van der Waals surface area contributed by atoms with Crippen LogP contribution in [0.1, 0.15) is 37.7 Å². The van der Waals surface area contributed by atoms with Crippen LogP contribution in [0.4, 0.5) is 5.69 Å². The highest BCUT2D eigenvalue weighted by Gasteiger charge is 2.14. The molecular formula is C14H19ClN2S. The van der Waals surface area contributed by atoms with Crippen molar-refractivity contribution in [3.63, 3.8) is 0 Å². The summed E-state index contributed by atoms with van der Waals surface area (Å²) >= 11 is 11.1. The highest BCUT2D eigenvalue weighted by atomic mass is 35.5. The maximum absolute atomic E-state index is 6.19. The zero-order valence-electron chi connectivity index (χ0n) is 10.4. The second kappa shape index (κ2) is 6.39. The molecule has 0 atom stereocenters. The largest absolute Gasteiger partial charge is 0.389 e. The SMILES string of the molecule is NC(=S)c1ccc(NCCC2CCCC2)c(Cl)c1. The van der Waals surface area contributed by atoms with Gasteiger partial charge in [0.15, 0.2) is 0 Å². The van der Waals surface area contributed by atoms with Crippen LogP contribution in [0.25, 0.3) is 0 Å². The van der Waals surface area contributed by atoms with Gasteiger partial charge in [-0.1, -0.05) is 49.5 Å². The molecule has 18 heavy (non-hydrogen) atoms. The third kappa shape index (κ3) is 3.59. The minimum absolute atomic E-state index is 0.384. The third-order valence-electron chi connectivity index (χ3n) is 3.60. The lowest BCUT2D eigenvalue weighted by Crippen LogP contribution is -2.10. The van der Waals surface area contributed by atoms with E-state index in [1.54, 1.807) is 0 Å². The fourth-order valence-electron chi connectivity index (χ4n) is 2.52. The van der Waals surface area contributed by atoms with E-state index >= 15 is 0 Å². The van der Waals surface area contributed by atoms with E-state index in [1.165, 1.54) is 32.1 Å². The standard InChI is InChI=1S/C14H19ClN2S/c15-12-9-11(14(16)18)5-6-13(12)17-8-7-10-3-1-2-4-10/h5-6,9-10,17H,1-4,7-8H2,(H2,16,18). The zero-order valence-corrected chi connectivity index (χ0v) is 12.0. The number of anilines is 1. The molecule has 98 valence electrons. The second-order valence-electron chi connectivity index (χ2n) is 4.92. The Morgan fingerprint density at radius 1 is 1.39 bits per heavy atom. The van der Waals surface area contributed by atoms with Crippen molar-refractivity contribution >= 4 is 34.5 Å². The summed E-state index contributed by atoms with van der Waals surface area (Å²) in [5.41, 5.74) is 7.35. The van der Waals surface area contributed by atoms with Gasteiger partial charge in [0.25, 0.3) is 0 Å². The smallest absolute Gasteiger partial charge is 0.104 e. The van der Waals surface area contributed by atoms with E-state index in [9.17, 15) is 0 Å². The van der Waals surface area contributed by atoms with Gasteiger partial charge >= 0.3 is 0 Å². The summed E-state index contributed by atoms with van der Waals surface area (Å²) in [7, 11) is 0. The Morgan fingerprint density at radius 3 is 2.72 bits per heavy atom. The van der Waals surface area contributed by atoms with Crippen molar-refractivity contribution in [2.75, 3.05) is 11.9 Å². The van der Waals surface area contributed by atoms with Gasteiger partial charge in [0, 0.05) is 12.1 Å². The van der Waals surface area contributed by atoms with Crippen molar-refractivity contribution < 1.29 is 0 Å². The van der Waals surface area contributed by atoms with Crippen molar-refractivity contribution in [2.24, 2.45) is 11.7 Å². The molecule has 1 fully saturated rings. The Kier molecular flexibility index (Phi) is 4.84. The van der Waals surface area contributed by atoms with Crippen LogP contribution in [0.5, 0.6) is 0 Å². The van der Waals surface area contributed by atoms with Gasteiger partial charge in [0.1, 0.15) is 4.99 Å². The molecular weight excluding hydrogens is 264 g/mol. The average Bonchev–Trinajstić information content (AvgIpc) is 2.84. The predicted octanol–water partition coefficient (Wildman–Crippen LogP) is 3.97. The van der Waals surface area contributed by atoms with Crippen molar-refractivity contribution in [3.8, 4) is 0 Å². The Bertz CT molecular complexity index is 428. The molecule has 2 rings (SSSR count). The van der Waals surface area contributed by atoms with E-state index in [2.05, 4.69) is 5.32 Å². The molecule has 1 aromatic rings. The highest BCUT2D eigenvalue weighted by molar-refractivity contribution is 7.80. The molecule has 0 aliphatic heterocycles. The third-order valence-corrected chi connectivity index (χ3v) is 4.14. The van der Waals surface area contributed by atoms with E-state index in [4.69, 9.17) is 29.6 Å². The first-order valence-electron chi connectivity index (χ1n) is 6.50. The molecule has 1 aliphatic carbocycles. The van der Waals surface area contributed by atoms with Crippen LogP contribution >= 0.6 is 23.8 Å². The Hall–Kier alpha value is -0.800. The lowest BCUT2D eigenvalue weighted by atomic mass is 10.0. The molecule has 0 amide bonds. The Labute approximate surface area is 119 Å². The van der Waals surface area contributed by atoms with Crippen LogP contribution in [-0.2, 0) is 0 Å². The molecule has 1 aliphatic rings. The van der Waals surface area contributed by atoms with E-state index < -0.39 is 0 Å². The number of rotatable bonds is 5. The number of thiocarbonyl (C=S) groups is 1. The van der Waals surface area contributed by atoms with Gasteiger partial charge in [0.2, 0.25) is 0 Å². The second-order valence-corrected chi connectivity index (χ2v) is 5.77. The Morgan fingerprint density at radius 2 is 2.11 bits per heavy atom. The molecule has 4 heteroatoms. The molecule has 0 heterocycles. The van der Waals surface area contributed by atoms with Crippen molar-refractivity contribution in [1.29, 1.82) is 0 Å². The highest BCUT2D eigenvalue weighted by Crippen LogP contribution is 2.28. The van der Waals surface area contributed by atoms with E-state index in [1.807, 2.05) is 18.2 Å². The maximum Gasteiger partial charge on any atom is 0.104 e. The van der Waals surface area contributed by atoms with Crippen LogP contribution in [0.3, 0.4) is 0 Å². The van der Waals surface area contributed by atoms with Crippen LogP contribution in [0, 0.1) is 5.92 Å². The van der Waals surface area contributed by atoms with Gasteiger partial charge in [-0.05, 0) is 30.5 Å². The van der Waals surface area contributed by atoms with E-state index in [-0.39, 0.29) is 0 Å². The molecule has 0 spiro atoms. The molecule has 0 saturated heterocycles. The summed E-state index contributed by atoms with van der Waals surface area (Å²) in [6.07, 6.45) is 6.79. The fourth-order valence-corrected chi connectivity index (χ4v) is 2.90. The summed E-state index contributed by atoms with van der Waals surface area (Å²) in [5.74, 6) is 0.896. The molecule has 2 nitrogen and oxygen atoms in total. The number of halogens is 1. The van der Waals surface area contributed by atoms with E-state index in [0.717, 1.165) is 23.7 Å². The normalized spacial score (nSPS) is 15.8. The zero-order chi connectivity index (χ0) is 13.0. The van der Waals surface area contributed by atoms with Crippen LogP contribution in [0.2, 0.25) is 5.02 Å². The molecule has 0 unspecified atom stereocenters. The molecule has 1 aromatic carbocycles. The number of benzene rings is 1. The summed E-state index contributed by atoms with van der Waals surface area (Å²) in [6, 6.07) is 5.68. The predicted molar refractivity (Wildman–Crippen MR) is 82.4 cm³/mol. The summed E-state index contributed by atoms with van der Waals surface area (Å²) in [6.45, 7) is 0.983. The van der Waals surface area contributed by atoms with Gasteiger partial charge in [-0.15, -0.1) is 0 Å². The van der Waals surface area contributed by atoms with Gasteiger partial charge < -0.3 is 11.1 Å². The van der Waals surface area contributed by atoms with Crippen LogP contribution in [0.15, 0.2) is 18.2 Å². The number of hydrogen-bond donors (Lipinski definition) is 2. The fraction of sp³-hybridized carbons (Fsp3) is 0.500. The number of nitrogens with two attached hydrogens (primary N) is 1. The number of nitrogens with one attached hydrogen (secondary N) is 1. The average molecular weight is 283 g/mol. The van der Waals surface area contributed by atoms with Crippen molar-refractivity contribution in [2.45, 2.75) is 32.1 Å². The quantitative estimate of drug-likeness (QED) is 0.803. The van der Waals surface area contributed by atoms with Gasteiger partial charge in [-0.3, -0.25) is 0 Å². The summed E-state index contributed by atoms with van der Waals surface area (Å²) in [5, 5.41) is 4.08. The molecule has 1 saturated carbocycles.